The molecule has 20 heavy (non-hydrogen) atoms. The molecule has 1 heterocycles. The van der Waals surface area contributed by atoms with Crippen molar-refractivity contribution < 1.29 is 13.9 Å². The average Bonchev–Trinajstić information content (AvgIpc) is 2.67. The molecule has 7 heteroatoms. The quantitative estimate of drug-likeness (QED) is 0.673. The zero-order chi connectivity index (χ0) is 14.7. The first-order chi connectivity index (χ1) is 9.52. The number of imidazole rings is 1. The third-order valence-electron chi connectivity index (χ3n) is 2.88. The van der Waals surface area contributed by atoms with Gasteiger partial charge >= 0.3 is 5.97 Å². The van der Waals surface area contributed by atoms with Crippen LogP contribution in [0.25, 0.3) is 11.0 Å². The molecule has 1 aromatic carbocycles. The van der Waals surface area contributed by atoms with E-state index in [0.29, 0.717) is 41.8 Å². The molecule has 0 unspecified atom stereocenters. The van der Waals surface area contributed by atoms with Crippen molar-refractivity contribution in [2.45, 2.75) is 26.3 Å². The number of fused-ring (bicyclic) bond motifs is 1. The molecule has 2 rings (SSSR count). The number of aromatic amines is 1. The summed E-state index contributed by atoms with van der Waals surface area (Å²) in [5.41, 5.74) is 1.32. The molecule has 0 aliphatic heterocycles. The Kier molecular flexibility index (Phi) is 4.77. The van der Waals surface area contributed by atoms with Gasteiger partial charge in [-0.2, -0.15) is 0 Å². The number of nitrogens with one attached hydrogen (secondary N) is 1. The number of rotatable bonds is 5. The summed E-state index contributed by atoms with van der Waals surface area (Å²) in [5, 5.41) is 0.0485. The van der Waals surface area contributed by atoms with Crippen molar-refractivity contribution in [1.82, 2.24) is 9.55 Å². The van der Waals surface area contributed by atoms with E-state index in [-0.39, 0.29) is 11.0 Å². The van der Waals surface area contributed by atoms with Gasteiger partial charge in [-0.1, -0.05) is 11.6 Å². The molecular weight excluding hydrogens is 303 g/mol. The van der Waals surface area contributed by atoms with Crippen LogP contribution in [0.1, 0.15) is 19.8 Å². The molecule has 1 aromatic heterocycles. The molecule has 0 saturated heterocycles. The van der Waals surface area contributed by atoms with E-state index < -0.39 is 5.82 Å². The van der Waals surface area contributed by atoms with E-state index in [1.54, 1.807) is 11.5 Å². The van der Waals surface area contributed by atoms with E-state index in [4.69, 9.17) is 28.6 Å². The van der Waals surface area contributed by atoms with Crippen molar-refractivity contribution in [3.05, 3.63) is 27.7 Å². The van der Waals surface area contributed by atoms with Crippen LogP contribution in [0, 0.1) is 10.6 Å². The zero-order valence-electron chi connectivity index (χ0n) is 10.9. The van der Waals surface area contributed by atoms with Gasteiger partial charge in [0.25, 0.3) is 0 Å². The number of hydrogen-bond acceptors (Lipinski definition) is 3. The van der Waals surface area contributed by atoms with Crippen molar-refractivity contribution in [2.24, 2.45) is 0 Å². The molecule has 4 nitrogen and oxygen atoms in total. The number of esters is 1. The first-order valence-corrected chi connectivity index (χ1v) is 7.04. The average molecular weight is 317 g/mol. The maximum atomic E-state index is 13.5. The standard InChI is InChI=1S/C13H14ClFN2O2S/c1-2-19-12(18)4-3-5-17-11-7-9(15)8(14)6-10(11)16-13(17)20/h6-7H,2-5H2,1H3,(H,16,20). The maximum Gasteiger partial charge on any atom is 0.305 e. The monoisotopic (exact) mass is 316 g/mol. The molecule has 0 fully saturated rings. The lowest BCUT2D eigenvalue weighted by Gasteiger charge is -2.05. The number of aromatic nitrogens is 2. The molecule has 0 radical (unpaired) electrons. The Morgan fingerprint density at radius 3 is 3.00 bits per heavy atom. The summed E-state index contributed by atoms with van der Waals surface area (Å²) < 4.78 is 20.6. The van der Waals surface area contributed by atoms with Crippen molar-refractivity contribution in [3.63, 3.8) is 0 Å². The van der Waals surface area contributed by atoms with Crippen molar-refractivity contribution in [2.75, 3.05) is 6.61 Å². The van der Waals surface area contributed by atoms with Gasteiger partial charge in [0.05, 0.1) is 22.7 Å². The summed E-state index contributed by atoms with van der Waals surface area (Å²) in [5.74, 6) is -0.736. The molecular formula is C13H14ClFN2O2S. The van der Waals surface area contributed by atoms with Crippen LogP contribution in [-0.2, 0) is 16.1 Å². The van der Waals surface area contributed by atoms with E-state index in [1.165, 1.54) is 12.1 Å². The molecule has 2 aromatic rings. The van der Waals surface area contributed by atoms with Gasteiger partial charge in [-0.25, -0.2) is 4.39 Å². The largest absolute Gasteiger partial charge is 0.466 e. The van der Waals surface area contributed by atoms with Gasteiger partial charge in [0, 0.05) is 19.0 Å². The number of carbonyl (C=O) groups excluding carboxylic acids is 1. The summed E-state index contributed by atoms with van der Waals surface area (Å²) >= 11 is 10.9. The molecule has 0 aliphatic carbocycles. The van der Waals surface area contributed by atoms with Crippen LogP contribution in [0.5, 0.6) is 0 Å². The second kappa shape index (κ2) is 6.37. The van der Waals surface area contributed by atoms with Gasteiger partial charge in [0.15, 0.2) is 4.77 Å². The number of H-pyrrole nitrogens is 1. The Bertz CT molecular complexity index is 695. The van der Waals surface area contributed by atoms with Crippen LogP contribution in [0.15, 0.2) is 12.1 Å². The van der Waals surface area contributed by atoms with Crippen LogP contribution in [0.3, 0.4) is 0 Å². The van der Waals surface area contributed by atoms with Gasteiger partial charge in [0.2, 0.25) is 0 Å². The fraction of sp³-hybridized carbons (Fsp3) is 0.385. The fourth-order valence-corrected chi connectivity index (χ4v) is 2.45. The third kappa shape index (κ3) is 3.19. The molecule has 108 valence electrons. The van der Waals surface area contributed by atoms with Crippen LogP contribution < -0.4 is 0 Å². The molecule has 0 amide bonds. The predicted molar refractivity (Wildman–Crippen MR) is 78.0 cm³/mol. The molecule has 0 aliphatic rings. The highest BCUT2D eigenvalue weighted by atomic mass is 35.5. The lowest BCUT2D eigenvalue weighted by atomic mass is 10.3. The van der Waals surface area contributed by atoms with Crippen LogP contribution in [0.2, 0.25) is 5.02 Å². The number of aryl methyl sites for hydroxylation is 1. The Balaban J connectivity index is 2.18. The van der Waals surface area contributed by atoms with E-state index >= 15 is 0 Å². The van der Waals surface area contributed by atoms with Gasteiger partial charge in [-0.15, -0.1) is 0 Å². The van der Waals surface area contributed by atoms with Crippen LogP contribution in [0.4, 0.5) is 4.39 Å². The topological polar surface area (TPSA) is 47.0 Å². The highest BCUT2D eigenvalue weighted by molar-refractivity contribution is 7.71. The van der Waals surface area contributed by atoms with E-state index in [9.17, 15) is 9.18 Å². The lowest BCUT2D eigenvalue weighted by Crippen LogP contribution is -2.06. The fourth-order valence-electron chi connectivity index (χ4n) is 1.99. The second-order valence-electron chi connectivity index (χ2n) is 4.27. The number of nitrogens with zero attached hydrogens (tertiary/aromatic N) is 1. The summed E-state index contributed by atoms with van der Waals surface area (Å²) in [7, 11) is 0. The minimum Gasteiger partial charge on any atom is -0.466 e. The molecule has 0 atom stereocenters. The van der Waals surface area contributed by atoms with Crippen LogP contribution in [-0.4, -0.2) is 22.1 Å². The summed E-state index contributed by atoms with van der Waals surface area (Å²) in [6.45, 7) is 2.65. The Morgan fingerprint density at radius 1 is 1.55 bits per heavy atom. The predicted octanol–water partition coefficient (Wildman–Crippen LogP) is 3.83. The van der Waals surface area contributed by atoms with Crippen molar-refractivity contribution in [3.8, 4) is 0 Å². The van der Waals surface area contributed by atoms with Gasteiger partial charge in [0.1, 0.15) is 5.82 Å². The lowest BCUT2D eigenvalue weighted by molar-refractivity contribution is -0.143. The van der Waals surface area contributed by atoms with Crippen molar-refractivity contribution in [1.29, 1.82) is 0 Å². The molecule has 1 N–H and O–H groups in total. The minimum atomic E-state index is -0.493. The first kappa shape index (κ1) is 15.0. The van der Waals surface area contributed by atoms with Crippen molar-refractivity contribution >= 4 is 40.8 Å². The SMILES string of the molecule is CCOC(=O)CCCn1c(=S)[nH]c2cc(Cl)c(F)cc21. The van der Waals surface area contributed by atoms with Gasteiger partial charge in [-0.05, 0) is 31.6 Å². The second-order valence-corrected chi connectivity index (χ2v) is 5.07. The summed E-state index contributed by atoms with van der Waals surface area (Å²) in [6.07, 6.45) is 0.878. The zero-order valence-corrected chi connectivity index (χ0v) is 12.5. The molecule has 0 bridgehead atoms. The third-order valence-corrected chi connectivity index (χ3v) is 3.50. The summed E-state index contributed by atoms with van der Waals surface area (Å²) in [4.78, 5) is 14.2. The van der Waals surface area contributed by atoms with Gasteiger partial charge in [-0.3, -0.25) is 4.79 Å². The number of hydrogen-bond donors (Lipinski definition) is 1. The normalized spacial score (nSPS) is 10.9. The number of carbonyl (C=O) groups is 1. The van der Waals surface area contributed by atoms with Gasteiger partial charge < -0.3 is 14.3 Å². The smallest absolute Gasteiger partial charge is 0.305 e. The highest BCUT2D eigenvalue weighted by Crippen LogP contribution is 2.23. The van der Waals surface area contributed by atoms with E-state index in [1.807, 2.05) is 0 Å². The number of benzene rings is 1. The molecule has 0 spiro atoms. The summed E-state index contributed by atoms with van der Waals surface area (Å²) in [6, 6.07) is 2.85. The maximum absolute atomic E-state index is 13.5. The van der Waals surface area contributed by atoms with E-state index in [0.717, 1.165) is 0 Å². The first-order valence-electron chi connectivity index (χ1n) is 6.26. The Hall–Kier alpha value is -1.40. The Labute approximate surface area is 125 Å². The number of ether oxygens (including phenoxy) is 1. The highest BCUT2D eigenvalue weighted by Gasteiger charge is 2.10. The van der Waals surface area contributed by atoms with E-state index in [2.05, 4.69) is 4.98 Å². The van der Waals surface area contributed by atoms with Crippen LogP contribution >= 0.6 is 23.8 Å². The molecule has 0 saturated carbocycles. The Morgan fingerprint density at radius 2 is 2.30 bits per heavy atom. The minimum absolute atomic E-state index is 0.0485. The number of halogens is 2.